The molecule has 0 aromatic heterocycles. The van der Waals surface area contributed by atoms with Gasteiger partial charge in [0.2, 0.25) is 0 Å². The second kappa shape index (κ2) is 7.71. The molecule has 0 atom stereocenters. The van der Waals surface area contributed by atoms with Gasteiger partial charge in [0.05, 0.1) is 34.3 Å². The monoisotopic (exact) mass is 449 g/mol. The summed E-state index contributed by atoms with van der Waals surface area (Å²) in [6, 6.07) is 8.11. The minimum atomic E-state index is -4.50. The Labute approximate surface area is 158 Å². The molecule has 26 heavy (non-hydrogen) atoms. The predicted octanol–water partition coefficient (Wildman–Crippen LogP) is 4.86. The van der Waals surface area contributed by atoms with Crippen LogP contribution in [-0.2, 0) is 16.2 Å². The number of hydrogen-bond donors (Lipinski definition) is 0. The average molecular weight is 450 g/mol. The van der Waals surface area contributed by atoms with Gasteiger partial charge in [0.1, 0.15) is 5.75 Å². The van der Waals surface area contributed by atoms with E-state index < -0.39 is 21.8 Å². The van der Waals surface area contributed by atoms with Crippen molar-refractivity contribution in [3.8, 4) is 5.75 Å². The summed E-state index contributed by atoms with van der Waals surface area (Å²) in [5.74, 6) is 0.453. The van der Waals surface area contributed by atoms with Gasteiger partial charge in [0, 0.05) is 0 Å². The molecule has 0 fully saturated rings. The van der Waals surface area contributed by atoms with Crippen molar-refractivity contribution in [3.63, 3.8) is 0 Å². The topological polar surface area (TPSA) is 46.6 Å². The highest BCUT2D eigenvalue weighted by molar-refractivity contribution is 9.10. The molecule has 0 heterocycles. The number of sulfonamides is 1. The Morgan fingerprint density at radius 2 is 1.81 bits per heavy atom. The number of rotatable bonds is 6. The van der Waals surface area contributed by atoms with Crippen molar-refractivity contribution in [1.82, 2.24) is 0 Å². The highest BCUT2D eigenvalue weighted by Gasteiger charge is 2.31. The fourth-order valence-electron chi connectivity index (χ4n) is 2.21. The minimum absolute atomic E-state index is 0.0353. The van der Waals surface area contributed by atoms with E-state index in [0.29, 0.717) is 10.2 Å². The average Bonchev–Trinajstić information content (AvgIpc) is 2.58. The first kappa shape index (κ1) is 20.3. The van der Waals surface area contributed by atoms with Gasteiger partial charge in [-0.25, -0.2) is 8.42 Å². The van der Waals surface area contributed by atoms with Gasteiger partial charge in [-0.3, -0.25) is 4.31 Å². The second-order valence-corrected chi connectivity index (χ2v) is 7.88. The van der Waals surface area contributed by atoms with E-state index in [0.717, 1.165) is 28.6 Å². The lowest BCUT2D eigenvalue weighted by molar-refractivity contribution is -0.137. The second-order valence-electron chi connectivity index (χ2n) is 5.17. The SMILES string of the molecule is C=CCN(c1ccc(C(F)(F)F)cc1)S(=O)(=O)c1ccc(OC)c(Br)c1. The molecule has 9 heteroatoms. The van der Waals surface area contributed by atoms with E-state index in [9.17, 15) is 21.6 Å². The fourth-order valence-corrected chi connectivity index (χ4v) is 4.37. The molecule has 0 aliphatic heterocycles. The minimum Gasteiger partial charge on any atom is -0.496 e. The Balaban J connectivity index is 2.48. The largest absolute Gasteiger partial charge is 0.496 e. The molecule has 0 spiro atoms. The van der Waals surface area contributed by atoms with Crippen molar-refractivity contribution >= 4 is 31.6 Å². The number of alkyl halides is 3. The maximum atomic E-state index is 13.0. The van der Waals surface area contributed by atoms with Crippen molar-refractivity contribution in [3.05, 3.63) is 65.2 Å². The van der Waals surface area contributed by atoms with Crippen LogP contribution >= 0.6 is 15.9 Å². The third-order valence-corrected chi connectivity index (χ3v) is 5.90. The first-order valence-corrected chi connectivity index (χ1v) is 9.49. The standard InChI is InChI=1S/C17H15BrF3NO3S/c1-3-10-22(13-6-4-12(5-7-13)17(19,20)21)26(23,24)14-8-9-16(25-2)15(18)11-14/h3-9,11H,1,10H2,2H3. The maximum Gasteiger partial charge on any atom is 0.416 e. The summed E-state index contributed by atoms with van der Waals surface area (Å²) in [5.41, 5.74) is -0.755. The van der Waals surface area contributed by atoms with Gasteiger partial charge in [0.25, 0.3) is 10.0 Å². The number of ether oxygens (including phenoxy) is 1. The van der Waals surface area contributed by atoms with Gasteiger partial charge in [-0.1, -0.05) is 6.08 Å². The molecule has 0 aliphatic rings. The number of hydrogen-bond acceptors (Lipinski definition) is 3. The summed E-state index contributed by atoms with van der Waals surface area (Å²) < 4.78 is 70.5. The zero-order valence-corrected chi connectivity index (χ0v) is 16.0. The Hall–Kier alpha value is -2.00. The Kier molecular flexibility index (Phi) is 6.02. The van der Waals surface area contributed by atoms with Gasteiger partial charge < -0.3 is 4.74 Å². The molecule has 0 unspecified atom stereocenters. The maximum absolute atomic E-state index is 13.0. The summed E-state index contributed by atoms with van der Waals surface area (Å²) in [7, 11) is -2.57. The van der Waals surface area contributed by atoms with Crippen molar-refractivity contribution in [2.45, 2.75) is 11.1 Å². The lowest BCUT2D eigenvalue weighted by Crippen LogP contribution is -2.31. The van der Waals surface area contributed by atoms with Crippen LogP contribution in [0.25, 0.3) is 0 Å². The Bertz CT molecular complexity index is 896. The normalized spacial score (nSPS) is 11.9. The van der Waals surface area contributed by atoms with Crippen LogP contribution in [0, 0.1) is 0 Å². The van der Waals surface area contributed by atoms with Crippen LogP contribution < -0.4 is 9.04 Å². The molecule has 0 saturated heterocycles. The molecule has 2 rings (SSSR count). The first-order valence-electron chi connectivity index (χ1n) is 7.25. The van der Waals surface area contributed by atoms with E-state index in [-0.39, 0.29) is 17.1 Å². The highest BCUT2D eigenvalue weighted by Crippen LogP contribution is 2.33. The van der Waals surface area contributed by atoms with Crippen LogP contribution in [-0.4, -0.2) is 22.1 Å². The van der Waals surface area contributed by atoms with Gasteiger partial charge in [-0.2, -0.15) is 13.2 Å². The van der Waals surface area contributed by atoms with Crippen molar-refractivity contribution in [2.75, 3.05) is 18.0 Å². The molecule has 0 radical (unpaired) electrons. The molecule has 2 aromatic rings. The summed E-state index contributed by atoms with van der Waals surface area (Å²) >= 11 is 3.22. The molecular formula is C17H15BrF3NO3S. The van der Waals surface area contributed by atoms with E-state index in [2.05, 4.69) is 22.5 Å². The van der Waals surface area contributed by atoms with Crippen LogP contribution in [0.5, 0.6) is 5.75 Å². The van der Waals surface area contributed by atoms with E-state index >= 15 is 0 Å². The summed E-state index contributed by atoms with van der Waals surface area (Å²) in [4.78, 5) is -0.0353. The van der Waals surface area contributed by atoms with Crippen LogP contribution in [0.4, 0.5) is 18.9 Å². The van der Waals surface area contributed by atoms with Crippen molar-refractivity contribution < 1.29 is 26.3 Å². The smallest absolute Gasteiger partial charge is 0.416 e. The van der Waals surface area contributed by atoms with Crippen LogP contribution in [0.1, 0.15) is 5.56 Å². The molecular weight excluding hydrogens is 435 g/mol. The summed E-state index contributed by atoms with van der Waals surface area (Å²) in [5, 5.41) is 0. The molecule has 0 bridgehead atoms. The van der Waals surface area contributed by atoms with Gasteiger partial charge in [-0.05, 0) is 58.4 Å². The third kappa shape index (κ3) is 4.21. The summed E-state index contributed by atoms with van der Waals surface area (Å²) in [6.07, 6.45) is -3.14. The van der Waals surface area contributed by atoms with Crippen molar-refractivity contribution in [2.24, 2.45) is 0 Å². The lowest BCUT2D eigenvalue weighted by Gasteiger charge is -2.24. The zero-order valence-electron chi connectivity index (χ0n) is 13.6. The van der Waals surface area contributed by atoms with Crippen LogP contribution in [0.2, 0.25) is 0 Å². The molecule has 2 aromatic carbocycles. The first-order chi connectivity index (χ1) is 12.1. The van der Waals surface area contributed by atoms with Crippen molar-refractivity contribution in [1.29, 1.82) is 0 Å². The Morgan fingerprint density at radius 3 is 2.27 bits per heavy atom. The third-order valence-electron chi connectivity index (χ3n) is 3.49. The molecule has 0 saturated carbocycles. The Morgan fingerprint density at radius 1 is 1.19 bits per heavy atom. The fraction of sp³-hybridized carbons (Fsp3) is 0.176. The molecule has 0 N–H and O–H groups in total. The zero-order chi connectivity index (χ0) is 19.5. The number of halogens is 4. The quantitative estimate of drug-likeness (QED) is 0.591. The molecule has 0 aliphatic carbocycles. The van der Waals surface area contributed by atoms with Gasteiger partial charge >= 0.3 is 6.18 Å². The number of nitrogens with zero attached hydrogens (tertiary/aromatic N) is 1. The molecule has 4 nitrogen and oxygen atoms in total. The molecule has 140 valence electrons. The van der Waals surface area contributed by atoms with E-state index in [4.69, 9.17) is 4.74 Å². The predicted molar refractivity (Wildman–Crippen MR) is 96.9 cm³/mol. The highest BCUT2D eigenvalue weighted by atomic mass is 79.9. The summed E-state index contributed by atoms with van der Waals surface area (Å²) in [6.45, 7) is 3.42. The van der Waals surface area contributed by atoms with E-state index in [1.807, 2.05) is 0 Å². The van der Waals surface area contributed by atoms with Gasteiger partial charge in [0.15, 0.2) is 0 Å². The van der Waals surface area contributed by atoms with Gasteiger partial charge in [-0.15, -0.1) is 6.58 Å². The number of benzene rings is 2. The van der Waals surface area contributed by atoms with Crippen LogP contribution in [0.15, 0.2) is 64.5 Å². The lowest BCUT2D eigenvalue weighted by atomic mass is 10.2. The number of anilines is 1. The van der Waals surface area contributed by atoms with E-state index in [1.165, 1.54) is 31.4 Å². The number of methoxy groups -OCH3 is 1. The van der Waals surface area contributed by atoms with Crippen LogP contribution in [0.3, 0.4) is 0 Å². The van der Waals surface area contributed by atoms with E-state index in [1.54, 1.807) is 0 Å². The molecule has 0 amide bonds.